The van der Waals surface area contributed by atoms with Gasteiger partial charge in [0.25, 0.3) is 0 Å². The molecule has 0 aliphatic carbocycles. The molecule has 0 aromatic heterocycles. The average molecular weight is 501 g/mol. The molecular weight excluding hydrogens is 466 g/mol. The fraction of sp³-hybridized carbons (Fsp3) is 1.00. The maximum atomic E-state index is 10.8. The first-order valence-electron chi connectivity index (χ1n) is 10.8. The molecule has 0 spiro atoms. The van der Waals surface area contributed by atoms with Gasteiger partial charge in [-0.25, -0.2) is 0 Å². The smallest absolute Gasteiger partial charge is 0.176 e. The molecule has 0 aromatic carbocycles. The van der Waals surface area contributed by atoms with Gasteiger partial charge in [0.05, 0.1) is 37.9 Å². The first-order chi connectivity index (χ1) is 16.0. The Labute approximate surface area is 194 Å². The predicted octanol–water partition coefficient (Wildman–Crippen LogP) is -7.67. The van der Waals surface area contributed by atoms with E-state index in [9.17, 15) is 40.9 Å². The van der Waals surface area contributed by atoms with Crippen molar-refractivity contribution in [3.63, 3.8) is 0 Å². The lowest BCUT2D eigenvalue weighted by Gasteiger charge is -2.48. The Morgan fingerprint density at radius 1 is 0.529 bits per heavy atom. The monoisotopic (exact) mass is 501 g/mol. The molecule has 0 amide bonds. The molecule has 0 radical (unpaired) electrons. The Morgan fingerprint density at radius 3 is 1.44 bits per heavy atom. The third-order valence-corrected chi connectivity index (χ3v) is 6.33. The first kappa shape index (κ1) is 27.9. The second-order valence-corrected chi connectivity index (χ2v) is 8.59. The molecule has 0 saturated carbocycles. The van der Waals surface area contributed by atoms with E-state index in [0.29, 0.717) is 0 Å². The number of hydrogen-bond donors (Lipinski definition) is 11. The van der Waals surface area contributed by atoms with Gasteiger partial charge in [0, 0.05) is 0 Å². The SMILES string of the molecule is NC1[C@H](O[C@H]2C(CO)O[C@@H](O[C@H]3C(CO)O[C@@H](O)C(N)[C@H]3O)C(N)[C@H]2O)OC(CO)[C@H](O)[C@@H]1O. The second-order valence-electron chi connectivity index (χ2n) is 8.59. The van der Waals surface area contributed by atoms with Crippen LogP contribution in [-0.2, 0) is 23.7 Å². The average Bonchev–Trinajstić information content (AvgIpc) is 2.83. The van der Waals surface area contributed by atoms with E-state index in [4.69, 9.17) is 40.9 Å². The van der Waals surface area contributed by atoms with Crippen molar-refractivity contribution in [2.45, 2.75) is 91.9 Å². The number of aliphatic hydroxyl groups excluding tert-OH is 8. The topological polar surface area (TPSA) is 286 Å². The standard InChI is InChI=1S/C18H35N3O13/c19-7-12(27)14(5(2-23)30-16(7)29)33-18-9(21)13(28)15(6(3-24)32-18)34-17-8(20)11(26)10(25)4(1-22)31-17/h4-18,22-29H,1-3,19-21H2/t4?,5?,6?,7?,8?,9?,10-,11+,12+,13+,14-,15-,16+,17-,18-/m0/s1. The summed E-state index contributed by atoms with van der Waals surface area (Å²) in [6.45, 7) is -2.00. The molecule has 15 atom stereocenters. The van der Waals surface area contributed by atoms with Crippen molar-refractivity contribution in [3.8, 4) is 0 Å². The summed E-state index contributed by atoms with van der Waals surface area (Å²) in [5.41, 5.74) is 17.6. The lowest BCUT2D eigenvalue weighted by Crippen LogP contribution is -2.69. The van der Waals surface area contributed by atoms with Crippen LogP contribution in [0.25, 0.3) is 0 Å². The van der Waals surface area contributed by atoms with Crippen molar-refractivity contribution in [1.82, 2.24) is 0 Å². The summed E-state index contributed by atoms with van der Waals surface area (Å²) in [4.78, 5) is 0. The van der Waals surface area contributed by atoms with Crippen molar-refractivity contribution < 1.29 is 64.5 Å². The van der Waals surface area contributed by atoms with E-state index in [1.54, 1.807) is 0 Å². The third kappa shape index (κ3) is 5.37. The lowest BCUT2D eigenvalue weighted by molar-refractivity contribution is -0.348. The van der Waals surface area contributed by atoms with Crippen LogP contribution in [0.1, 0.15) is 0 Å². The quantitative estimate of drug-likeness (QED) is 0.154. The van der Waals surface area contributed by atoms with Crippen LogP contribution >= 0.6 is 0 Å². The minimum absolute atomic E-state index is 0.651. The zero-order valence-corrected chi connectivity index (χ0v) is 18.1. The molecular formula is C18H35N3O13. The Hall–Kier alpha value is -0.640. The number of nitrogens with two attached hydrogens (primary N) is 3. The number of aliphatic hydroxyl groups is 8. The van der Waals surface area contributed by atoms with Gasteiger partial charge >= 0.3 is 0 Å². The van der Waals surface area contributed by atoms with Crippen molar-refractivity contribution >= 4 is 0 Å². The third-order valence-electron chi connectivity index (χ3n) is 6.33. The van der Waals surface area contributed by atoms with Gasteiger partial charge in [-0.05, 0) is 0 Å². The summed E-state index contributed by atoms with van der Waals surface area (Å²) in [6.07, 6.45) is -16.8. The van der Waals surface area contributed by atoms with Gasteiger partial charge in [-0.1, -0.05) is 0 Å². The van der Waals surface area contributed by atoms with Crippen LogP contribution in [0.5, 0.6) is 0 Å². The Kier molecular flexibility index (Phi) is 9.54. The maximum absolute atomic E-state index is 10.8. The van der Waals surface area contributed by atoms with Crippen LogP contribution < -0.4 is 17.2 Å². The molecule has 0 bridgehead atoms. The van der Waals surface area contributed by atoms with Gasteiger partial charge < -0.3 is 81.7 Å². The fourth-order valence-corrected chi connectivity index (χ4v) is 4.18. The lowest BCUT2D eigenvalue weighted by atomic mass is 9.94. The molecule has 3 aliphatic rings. The highest BCUT2D eigenvalue weighted by Crippen LogP contribution is 2.30. The summed E-state index contributed by atoms with van der Waals surface area (Å²) >= 11 is 0. The van der Waals surface area contributed by atoms with Crippen LogP contribution in [0.15, 0.2) is 0 Å². The number of hydrogen-bond acceptors (Lipinski definition) is 16. The second kappa shape index (κ2) is 11.6. The normalized spacial score (nSPS) is 52.5. The largest absolute Gasteiger partial charge is 0.394 e. The van der Waals surface area contributed by atoms with Crippen molar-refractivity contribution in [3.05, 3.63) is 0 Å². The highest BCUT2D eigenvalue weighted by Gasteiger charge is 2.52. The molecule has 3 fully saturated rings. The first-order valence-corrected chi connectivity index (χ1v) is 10.8. The van der Waals surface area contributed by atoms with E-state index in [1.165, 1.54) is 0 Å². The molecule has 200 valence electrons. The highest BCUT2D eigenvalue weighted by molar-refractivity contribution is 4.98. The number of rotatable bonds is 7. The molecule has 0 aromatic rings. The van der Waals surface area contributed by atoms with E-state index >= 15 is 0 Å². The van der Waals surface area contributed by atoms with Crippen molar-refractivity contribution in [2.24, 2.45) is 17.2 Å². The van der Waals surface area contributed by atoms with Crippen molar-refractivity contribution in [1.29, 1.82) is 0 Å². The molecule has 3 heterocycles. The zero-order valence-electron chi connectivity index (χ0n) is 18.1. The molecule has 3 aliphatic heterocycles. The van der Waals surface area contributed by atoms with Crippen LogP contribution in [0.2, 0.25) is 0 Å². The Bertz CT molecular complexity index is 646. The van der Waals surface area contributed by atoms with Gasteiger partial charge in [0.15, 0.2) is 18.9 Å². The summed E-state index contributed by atoms with van der Waals surface area (Å²) < 4.78 is 27.4. The molecule has 3 saturated heterocycles. The summed E-state index contributed by atoms with van der Waals surface area (Å²) in [7, 11) is 0. The van der Waals surface area contributed by atoms with Gasteiger partial charge in [-0.15, -0.1) is 0 Å². The molecule has 3 rings (SSSR count). The number of ether oxygens (including phenoxy) is 5. The van der Waals surface area contributed by atoms with E-state index in [1.807, 2.05) is 0 Å². The predicted molar refractivity (Wildman–Crippen MR) is 107 cm³/mol. The van der Waals surface area contributed by atoms with Crippen LogP contribution in [0.3, 0.4) is 0 Å². The van der Waals surface area contributed by atoms with Crippen LogP contribution in [0.4, 0.5) is 0 Å². The highest BCUT2D eigenvalue weighted by atomic mass is 16.7. The molecule has 14 N–H and O–H groups in total. The summed E-state index contributed by atoms with van der Waals surface area (Å²) in [5, 5.41) is 79.6. The van der Waals surface area contributed by atoms with Gasteiger partial charge in [0.1, 0.15) is 54.9 Å². The van der Waals surface area contributed by atoms with Gasteiger partial charge in [-0.2, -0.15) is 0 Å². The van der Waals surface area contributed by atoms with Gasteiger partial charge in [-0.3, -0.25) is 0 Å². The Balaban J connectivity index is 1.72. The summed E-state index contributed by atoms with van der Waals surface area (Å²) in [6, 6.07) is -3.87. The molecule has 16 nitrogen and oxygen atoms in total. The minimum atomic E-state index is -1.56. The fourth-order valence-electron chi connectivity index (χ4n) is 4.18. The van der Waals surface area contributed by atoms with E-state index in [2.05, 4.69) is 0 Å². The molecule has 6 unspecified atom stereocenters. The van der Waals surface area contributed by atoms with Crippen molar-refractivity contribution in [2.75, 3.05) is 19.8 Å². The minimum Gasteiger partial charge on any atom is -0.394 e. The molecule has 34 heavy (non-hydrogen) atoms. The maximum Gasteiger partial charge on any atom is 0.176 e. The van der Waals surface area contributed by atoms with Crippen LogP contribution in [0, 0.1) is 0 Å². The van der Waals surface area contributed by atoms with Gasteiger partial charge in [0.2, 0.25) is 0 Å². The Morgan fingerprint density at radius 2 is 0.941 bits per heavy atom. The van der Waals surface area contributed by atoms with E-state index in [0.717, 1.165) is 0 Å². The van der Waals surface area contributed by atoms with E-state index < -0.39 is 112 Å². The van der Waals surface area contributed by atoms with Crippen LogP contribution in [-0.4, -0.2) is 153 Å². The van der Waals surface area contributed by atoms with E-state index in [-0.39, 0.29) is 0 Å². The molecule has 16 heteroatoms. The summed E-state index contributed by atoms with van der Waals surface area (Å²) in [5.74, 6) is 0. The zero-order chi connectivity index (χ0) is 25.3.